The smallest absolute Gasteiger partial charge is 0.119 e. The van der Waals surface area contributed by atoms with E-state index in [4.69, 9.17) is 16.3 Å². The van der Waals surface area contributed by atoms with Gasteiger partial charge in [0.1, 0.15) is 18.5 Å². The lowest BCUT2D eigenvalue weighted by atomic mass is 10.1. The van der Waals surface area contributed by atoms with E-state index in [0.29, 0.717) is 6.54 Å². The summed E-state index contributed by atoms with van der Waals surface area (Å²) in [4.78, 5) is 2.07. The first-order valence-corrected chi connectivity index (χ1v) is 8.12. The third-order valence-corrected chi connectivity index (χ3v) is 3.78. The van der Waals surface area contributed by atoms with Gasteiger partial charge in [0.05, 0.1) is 0 Å². The molecule has 0 amide bonds. The average molecular weight is 334 g/mol. The number of likely N-dealkylation sites (N-methyl/N-ethyl adjacent to an activating group) is 1. The van der Waals surface area contributed by atoms with Gasteiger partial charge in [0.25, 0.3) is 0 Å². The number of halogens is 1. The van der Waals surface area contributed by atoms with Crippen molar-refractivity contribution in [3.63, 3.8) is 0 Å². The molecular formula is C19H24ClNO2. The van der Waals surface area contributed by atoms with Gasteiger partial charge in [-0.05, 0) is 61.9 Å². The number of benzene rings is 2. The SMILES string of the molecule is Cc1cc(C)cc(OCC(O)CN(C)Cc2ccc(Cl)cc2)c1. The van der Waals surface area contributed by atoms with E-state index in [1.54, 1.807) is 0 Å². The second-order valence-corrected chi connectivity index (χ2v) is 6.55. The highest BCUT2D eigenvalue weighted by Gasteiger charge is 2.10. The summed E-state index contributed by atoms with van der Waals surface area (Å²) in [5.41, 5.74) is 3.49. The van der Waals surface area contributed by atoms with E-state index >= 15 is 0 Å². The topological polar surface area (TPSA) is 32.7 Å². The molecule has 0 bridgehead atoms. The van der Waals surface area contributed by atoms with Gasteiger partial charge in [0, 0.05) is 18.1 Å². The van der Waals surface area contributed by atoms with Gasteiger partial charge < -0.3 is 9.84 Å². The number of hydrogen-bond donors (Lipinski definition) is 1. The summed E-state index contributed by atoms with van der Waals surface area (Å²) in [6.07, 6.45) is -0.534. The van der Waals surface area contributed by atoms with Crippen LogP contribution in [0.3, 0.4) is 0 Å². The van der Waals surface area contributed by atoms with E-state index in [-0.39, 0.29) is 6.61 Å². The van der Waals surface area contributed by atoms with Gasteiger partial charge in [-0.3, -0.25) is 4.90 Å². The number of ether oxygens (including phenoxy) is 1. The van der Waals surface area contributed by atoms with E-state index in [0.717, 1.165) is 28.4 Å². The van der Waals surface area contributed by atoms with Crippen molar-refractivity contribution in [2.75, 3.05) is 20.2 Å². The maximum absolute atomic E-state index is 10.2. The largest absolute Gasteiger partial charge is 0.491 e. The second-order valence-electron chi connectivity index (χ2n) is 6.11. The van der Waals surface area contributed by atoms with E-state index < -0.39 is 6.10 Å². The highest BCUT2D eigenvalue weighted by Crippen LogP contribution is 2.16. The first kappa shape index (κ1) is 17.8. The minimum absolute atomic E-state index is 0.286. The predicted octanol–water partition coefficient (Wildman–Crippen LogP) is 3.83. The van der Waals surface area contributed by atoms with Crippen LogP contribution in [-0.4, -0.2) is 36.3 Å². The fraction of sp³-hybridized carbons (Fsp3) is 0.368. The summed E-state index contributed by atoms with van der Waals surface area (Å²) < 4.78 is 5.70. The minimum Gasteiger partial charge on any atom is -0.491 e. The molecule has 3 nitrogen and oxygen atoms in total. The van der Waals surface area contributed by atoms with Gasteiger partial charge in [-0.2, -0.15) is 0 Å². The van der Waals surface area contributed by atoms with E-state index in [2.05, 4.69) is 11.0 Å². The van der Waals surface area contributed by atoms with E-state index in [1.807, 2.05) is 57.3 Å². The van der Waals surface area contributed by atoms with Gasteiger partial charge in [-0.1, -0.05) is 29.8 Å². The van der Waals surface area contributed by atoms with Crippen LogP contribution in [-0.2, 0) is 6.54 Å². The molecular weight excluding hydrogens is 310 g/mol. The summed E-state index contributed by atoms with van der Waals surface area (Å²) in [6, 6.07) is 13.8. The van der Waals surface area contributed by atoms with Crippen LogP contribution in [0.1, 0.15) is 16.7 Å². The first-order valence-electron chi connectivity index (χ1n) is 7.74. The zero-order chi connectivity index (χ0) is 16.8. The summed E-state index contributed by atoms with van der Waals surface area (Å²) in [5.74, 6) is 0.807. The number of nitrogens with zero attached hydrogens (tertiary/aromatic N) is 1. The van der Waals surface area contributed by atoms with Crippen molar-refractivity contribution in [2.45, 2.75) is 26.5 Å². The number of aryl methyl sites for hydroxylation is 2. The third kappa shape index (κ3) is 6.22. The van der Waals surface area contributed by atoms with Crippen LogP contribution in [0.2, 0.25) is 5.02 Å². The Balaban J connectivity index is 1.79. The molecule has 0 aliphatic heterocycles. The number of aliphatic hydroxyl groups excluding tert-OH is 1. The fourth-order valence-electron chi connectivity index (χ4n) is 2.59. The molecule has 2 aromatic rings. The third-order valence-electron chi connectivity index (χ3n) is 3.53. The van der Waals surface area contributed by atoms with E-state index in [9.17, 15) is 5.11 Å². The van der Waals surface area contributed by atoms with Crippen molar-refractivity contribution in [1.29, 1.82) is 0 Å². The zero-order valence-corrected chi connectivity index (χ0v) is 14.7. The summed E-state index contributed by atoms with van der Waals surface area (Å²) in [5, 5.41) is 10.9. The summed E-state index contributed by atoms with van der Waals surface area (Å²) >= 11 is 5.88. The summed E-state index contributed by atoms with van der Waals surface area (Å²) in [6.45, 7) is 5.67. The van der Waals surface area contributed by atoms with Crippen LogP contribution < -0.4 is 4.74 Å². The molecule has 0 spiro atoms. The molecule has 0 fully saturated rings. The Morgan fingerprint density at radius 2 is 1.70 bits per heavy atom. The second kappa shape index (κ2) is 8.34. The van der Waals surface area contributed by atoms with Crippen LogP contribution in [0.4, 0.5) is 0 Å². The van der Waals surface area contributed by atoms with Crippen LogP contribution in [0.15, 0.2) is 42.5 Å². The van der Waals surface area contributed by atoms with Crippen molar-refractivity contribution in [1.82, 2.24) is 4.90 Å². The molecule has 1 atom stereocenters. The highest BCUT2D eigenvalue weighted by atomic mass is 35.5. The molecule has 1 unspecified atom stereocenters. The maximum atomic E-state index is 10.2. The minimum atomic E-state index is -0.534. The maximum Gasteiger partial charge on any atom is 0.119 e. The Kier molecular flexibility index (Phi) is 6.46. The lowest BCUT2D eigenvalue weighted by Gasteiger charge is -2.21. The van der Waals surface area contributed by atoms with Crippen LogP contribution in [0.5, 0.6) is 5.75 Å². The van der Waals surface area contributed by atoms with Gasteiger partial charge in [0.2, 0.25) is 0 Å². The molecule has 2 aromatic carbocycles. The molecule has 0 radical (unpaired) electrons. The van der Waals surface area contributed by atoms with Gasteiger partial charge in [0.15, 0.2) is 0 Å². The average Bonchev–Trinajstić information content (AvgIpc) is 2.46. The molecule has 4 heteroatoms. The Bertz CT molecular complexity index is 608. The van der Waals surface area contributed by atoms with Gasteiger partial charge >= 0.3 is 0 Å². The molecule has 0 aliphatic carbocycles. The van der Waals surface area contributed by atoms with Crippen LogP contribution in [0.25, 0.3) is 0 Å². The fourth-order valence-corrected chi connectivity index (χ4v) is 2.71. The van der Waals surface area contributed by atoms with Gasteiger partial charge in [-0.25, -0.2) is 0 Å². The van der Waals surface area contributed by atoms with Gasteiger partial charge in [-0.15, -0.1) is 0 Å². The number of rotatable bonds is 7. The highest BCUT2D eigenvalue weighted by molar-refractivity contribution is 6.30. The normalized spacial score (nSPS) is 12.4. The lowest BCUT2D eigenvalue weighted by molar-refractivity contribution is 0.0743. The van der Waals surface area contributed by atoms with E-state index in [1.165, 1.54) is 5.56 Å². The first-order chi connectivity index (χ1) is 10.9. The molecule has 0 heterocycles. The van der Waals surface area contributed by atoms with Crippen molar-refractivity contribution < 1.29 is 9.84 Å². The quantitative estimate of drug-likeness (QED) is 0.836. The lowest BCUT2D eigenvalue weighted by Crippen LogP contribution is -2.32. The Morgan fingerprint density at radius 3 is 2.30 bits per heavy atom. The Morgan fingerprint density at radius 1 is 1.09 bits per heavy atom. The molecule has 124 valence electrons. The molecule has 1 N–H and O–H groups in total. The Hall–Kier alpha value is -1.55. The molecule has 0 saturated carbocycles. The summed E-state index contributed by atoms with van der Waals surface area (Å²) in [7, 11) is 1.98. The molecule has 2 rings (SSSR count). The monoisotopic (exact) mass is 333 g/mol. The van der Waals surface area contributed by atoms with Crippen molar-refractivity contribution in [2.24, 2.45) is 0 Å². The molecule has 0 saturated heterocycles. The van der Waals surface area contributed by atoms with Crippen LogP contribution >= 0.6 is 11.6 Å². The number of aliphatic hydroxyl groups is 1. The Labute approximate surface area is 143 Å². The van der Waals surface area contributed by atoms with Crippen LogP contribution in [0, 0.1) is 13.8 Å². The van der Waals surface area contributed by atoms with Crippen molar-refractivity contribution in [3.05, 3.63) is 64.2 Å². The number of hydrogen-bond acceptors (Lipinski definition) is 3. The van der Waals surface area contributed by atoms with Crippen molar-refractivity contribution >= 4 is 11.6 Å². The molecule has 23 heavy (non-hydrogen) atoms. The molecule has 0 aliphatic rings. The molecule has 0 aromatic heterocycles. The van der Waals surface area contributed by atoms with Crippen molar-refractivity contribution in [3.8, 4) is 5.75 Å². The standard InChI is InChI=1S/C19H24ClNO2/c1-14-8-15(2)10-19(9-14)23-13-18(22)12-21(3)11-16-4-6-17(20)7-5-16/h4-10,18,22H,11-13H2,1-3H3. The predicted molar refractivity (Wildman–Crippen MR) is 95.2 cm³/mol. The zero-order valence-electron chi connectivity index (χ0n) is 13.9.